The van der Waals surface area contributed by atoms with Crippen LogP contribution in [0, 0.1) is 0 Å². The second kappa shape index (κ2) is 6.07. The summed E-state index contributed by atoms with van der Waals surface area (Å²) in [5.74, 6) is -1.45. The Kier molecular flexibility index (Phi) is 4.30. The first-order valence-corrected chi connectivity index (χ1v) is 6.62. The predicted molar refractivity (Wildman–Crippen MR) is 63.1 cm³/mol. The Morgan fingerprint density at radius 2 is 1.50 bits per heavy atom. The zero-order valence-electron chi connectivity index (χ0n) is 11.9. The maximum Gasteiger partial charge on any atom is 0.363 e. The molecule has 0 aliphatic carbocycles. The van der Waals surface area contributed by atoms with Gasteiger partial charge in [-0.15, -0.1) is 0 Å². The molecular weight excluding hydrogens is 304 g/mol. The fraction of sp³-hybridized carbons (Fsp3) is 0.833. The molecule has 0 bridgehead atoms. The van der Waals surface area contributed by atoms with E-state index in [0.29, 0.717) is 0 Å². The SMILES string of the molecule is COC(=O)C1OCC2OC(O)C3OC(C(=O)OC)OC3C2O1. The lowest BCUT2D eigenvalue weighted by molar-refractivity contribution is -0.332. The Labute approximate surface area is 125 Å². The van der Waals surface area contributed by atoms with Crippen molar-refractivity contribution >= 4 is 11.9 Å². The van der Waals surface area contributed by atoms with Crippen molar-refractivity contribution in [2.24, 2.45) is 0 Å². The van der Waals surface area contributed by atoms with Crippen molar-refractivity contribution in [1.29, 1.82) is 0 Å². The number of fused-ring (bicyclic) bond motifs is 3. The van der Waals surface area contributed by atoms with Gasteiger partial charge < -0.3 is 38.3 Å². The number of carbonyl (C=O) groups excluding carboxylic acids is 2. The van der Waals surface area contributed by atoms with Gasteiger partial charge in [0.2, 0.25) is 0 Å². The minimum atomic E-state index is -1.32. The number of esters is 2. The zero-order chi connectivity index (χ0) is 15.9. The van der Waals surface area contributed by atoms with E-state index < -0.39 is 55.2 Å². The third-order valence-electron chi connectivity index (χ3n) is 3.65. The summed E-state index contributed by atoms with van der Waals surface area (Å²) in [7, 11) is 2.39. The van der Waals surface area contributed by atoms with E-state index in [1.165, 1.54) is 14.2 Å². The van der Waals surface area contributed by atoms with Gasteiger partial charge in [-0.05, 0) is 0 Å². The first-order chi connectivity index (χ1) is 10.5. The molecule has 124 valence electrons. The van der Waals surface area contributed by atoms with Crippen LogP contribution in [0.3, 0.4) is 0 Å². The maximum atomic E-state index is 11.5. The summed E-state index contributed by atoms with van der Waals surface area (Å²) in [4.78, 5) is 23.0. The first kappa shape index (κ1) is 15.6. The van der Waals surface area contributed by atoms with Crippen LogP contribution in [-0.4, -0.2) is 81.2 Å². The van der Waals surface area contributed by atoms with Crippen LogP contribution in [0.5, 0.6) is 0 Å². The monoisotopic (exact) mass is 320 g/mol. The lowest BCUT2D eigenvalue weighted by Gasteiger charge is -2.43. The Balaban J connectivity index is 1.75. The van der Waals surface area contributed by atoms with Gasteiger partial charge in [-0.25, -0.2) is 9.59 Å². The summed E-state index contributed by atoms with van der Waals surface area (Å²) in [6.07, 6.45) is -7.02. The van der Waals surface area contributed by atoms with Crippen molar-refractivity contribution in [2.75, 3.05) is 20.8 Å². The van der Waals surface area contributed by atoms with Crippen LogP contribution in [0.4, 0.5) is 0 Å². The highest BCUT2D eigenvalue weighted by Crippen LogP contribution is 2.36. The van der Waals surface area contributed by atoms with Crippen molar-refractivity contribution < 1.29 is 47.9 Å². The molecule has 3 rings (SSSR count). The molecule has 0 aromatic rings. The van der Waals surface area contributed by atoms with Crippen LogP contribution in [-0.2, 0) is 42.7 Å². The van der Waals surface area contributed by atoms with Crippen molar-refractivity contribution in [2.45, 2.75) is 43.3 Å². The average molecular weight is 320 g/mol. The van der Waals surface area contributed by atoms with E-state index in [9.17, 15) is 14.7 Å². The Morgan fingerprint density at radius 1 is 0.909 bits per heavy atom. The Hall–Kier alpha value is -1.30. The molecule has 3 aliphatic heterocycles. The summed E-state index contributed by atoms with van der Waals surface area (Å²) in [5.41, 5.74) is 0. The normalized spacial score (nSPS) is 43.9. The van der Waals surface area contributed by atoms with Crippen molar-refractivity contribution in [3.8, 4) is 0 Å². The molecule has 3 aliphatic rings. The summed E-state index contributed by atoms with van der Waals surface area (Å²) in [6, 6.07) is 0. The molecule has 10 heteroatoms. The molecule has 0 saturated carbocycles. The van der Waals surface area contributed by atoms with Gasteiger partial charge in [0.15, 0.2) is 6.29 Å². The van der Waals surface area contributed by atoms with E-state index in [4.69, 9.17) is 23.7 Å². The molecule has 7 atom stereocenters. The van der Waals surface area contributed by atoms with Gasteiger partial charge in [0.05, 0.1) is 20.8 Å². The number of rotatable bonds is 2. The van der Waals surface area contributed by atoms with E-state index in [-0.39, 0.29) is 6.61 Å². The van der Waals surface area contributed by atoms with E-state index in [1.807, 2.05) is 0 Å². The lowest BCUT2D eigenvalue weighted by Crippen LogP contribution is -2.62. The van der Waals surface area contributed by atoms with E-state index in [2.05, 4.69) is 9.47 Å². The number of aliphatic hydroxyl groups is 1. The van der Waals surface area contributed by atoms with E-state index >= 15 is 0 Å². The fourth-order valence-corrected chi connectivity index (χ4v) is 2.60. The number of hydrogen-bond donors (Lipinski definition) is 1. The number of carbonyl (C=O) groups is 2. The summed E-state index contributed by atoms with van der Waals surface area (Å²) < 4.78 is 35.8. The van der Waals surface area contributed by atoms with Gasteiger partial charge in [-0.3, -0.25) is 0 Å². The van der Waals surface area contributed by atoms with Crippen molar-refractivity contribution in [3.63, 3.8) is 0 Å². The Bertz CT molecular complexity index is 453. The number of methoxy groups -OCH3 is 2. The molecule has 3 heterocycles. The van der Waals surface area contributed by atoms with Crippen molar-refractivity contribution in [1.82, 2.24) is 0 Å². The van der Waals surface area contributed by atoms with Gasteiger partial charge >= 0.3 is 11.9 Å². The van der Waals surface area contributed by atoms with Crippen LogP contribution in [0.25, 0.3) is 0 Å². The van der Waals surface area contributed by atoms with Gasteiger partial charge in [0.1, 0.15) is 24.4 Å². The van der Waals surface area contributed by atoms with Gasteiger partial charge in [-0.1, -0.05) is 0 Å². The number of aliphatic hydroxyl groups excluding tert-OH is 1. The van der Waals surface area contributed by atoms with E-state index in [0.717, 1.165) is 0 Å². The first-order valence-electron chi connectivity index (χ1n) is 6.62. The van der Waals surface area contributed by atoms with Crippen LogP contribution < -0.4 is 0 Å². The van der Waals surface area contributed by atoms with E-state index in [1.54, 1.807) is 0 Å². The maximum absolute atomic E-state index is 11.5. The summed E-state index contributed by atoms with van der Waals surface area (Å²) in [5, 5.41) is 9.93. The standard InChI is InChI=1S/C12H16O10/c1-16-9(14)11-18-3-4-5(20-11)6-7(8(13)19-4)22-12(21-6)10(15)17-2/h4-8,11-13H,3H2,1-2H3. The third-order valence-corrected chi connectivity index (χ3v) is 3.65. The van der Waals surface area contributed by atoms with Crippen molar-refractivity contribution in [3.05, 3.63) is 0 Å². The zero-order valence-corrected chi connectivity index (χ0v) is 11.9. The van der Waals surface area contributed by atoms with Crippen LogP contribution in [0.15, 0.2) is 0 Å². The highest BCUT2D eigenvalue weighted by molar-refractivity contribution is 5.73. The summed E-state index contributed by atoms with van der Waals surface area (Å²) >= 11 is 0. The molecule has 0 aromatic carbocycles. The molecule has 0 spiro atoms. The number of hydrogen-bond acceptors (Lipinski definition) is 10. The van der Waals surface area contributed by atoms with Gasteiger partial charge in [-0.2, -0.15) is 0 Å². The van der Waals surface area contributed by atoms with Gasteiger partial charge in [0.25, 0.3) is 12.6 Å². The fourth-order valence-electron chi connectivity index (χ4n) is 2.60. The number of ether oxygens (including phenoxy) is 7. The molecule has 7 unspecified atom stereocenters. The van der Waals surface area contributed by atoms with Gasteiger partial charge in [0, 0.05) is 0 Å². The molecule has 0 aromatic heterocycles. The van der Waals surface area contributed by atoms with Crippen LogP contribution in [0.1, 0.15) is 0 Å². The quantitative estimate of drug-likeness (QED) is 0.567. The molecule has 22 heavy (non-hydrogen) atoms. The largest absolute Gasteiger partial charge is 0.465 e. The molecule has 0 amide bonds. The minimum absolute atomic E-state index is 0.00301. The molecule has 0 radical (unpaired) electrons. The van der Waals surface area contributed by atoms with Crippen LogP contribution >= 0.6 is 0 Å². The predicted octanol–water partition coefficient (Wildman–Crippen LogP) is -2.10. The minimum Gasteiger partial charge on any atom is -0.465 e. The average Bonchev–Trinajstić information content (AvgIpc) is 2.99. The Morgan fingerprint density at radius 3 is 2.18 bits per heavy atom. The highest BCUT2D eigenvalue weighted by Gasteiger charge is 2.57. The molecule has 3 fully saturated rings. The summed E-state index contributed by atoms with van der Waals surface area (Å²) in [6.45, 7) is -0.00301. The molecule has 10 nitrogen and oxygen atoms in total. The lowest BCUT2D eigenvalue weighted by atomic mass is 9.98. The smallest absolute Gasteiger partial charge is 0.363 e. The second-order valence-corrected chi connectivity index (χ2v) is 4.91. The molecular formula is C12H16O10. The third kappa shape index (κ3) is 2.57. The topological polar surface area (TPSA) is 119 Å². The molecule has 1 N–H and O–H groups in total. The second-order valence-electron chi connectivity index (χ2n) is 4.91. The highest BCUT2D eigenvalue weighted by atomic mass is 16.8. The molecule has 3 saturated heterocycles. The van der Waals surface area contributed by atoms with Crippen LogP contribution in [0.2, 0.25) is 0 Å².